The molecule has 1 aromatic carbocycles. The Morgan fingerprint density at radius 1 is 1.47 bits per heavy atom. The molecule has 0 spiro atoms. The van der Waals surface area contributed by atoms with Gasteiger partial charge in [-0.2, -0.15) is 5.26 Å². The van der Waals surface area contributed by atoms with E-state index in [1.54, 1.807) is 0 Å². The second-order valence-electron chi connectivity index (χ2n) is 4.40. The summed E-state index contributed by atoms with van der Waals surface area (Å²) in [4.78, 5) is 13.8. The lowest BCUT2D eigenvalue weighted by Gasteiger charge is -2.28. The van der Waals surface area contributed by atoms with Crippen molar-refractivity contribution in [3.05, 3.63) is 35.9 Å². The van der Waals surface area contributed by atoms with Crippen molar-refractivity contribution in [3.8, 4) is 6.07 Å². The highest BCUT2D eigenvalue weighted by molar-refractivity contribution is 5.81. The van der Waals surface area contributed by atoms with Crippen LogP contribution in [0.3, 0.4) is 0 Å². The summed E-state index contributed by atoms with van der Waals surface area (Å²) >= 11 is 0. The smallest absolute Gasteiger partial charge is 0.254 e. The van der Waals surface area contributed by atoms with Crippen LogP contribution in [-0.2, 0) is 16.1 Å². The van der Waals surface area contributed by atoms with Crippen LogP contribution in [0, 0.1) is 11.3 Å². The van der Waals surface area contributed by atoms with Gasteiger partial charge in [0.05, 0.1) is 12.7 Å². The second kappa shape index (κ2) is 6.88. The molecule has 2 rings (SSSR count). The maximum atomic E-state index is 12.3. The van der Waals surface area contributed by atoms with E-state index in [0.29, 0.717) is 19.7 Å². The quantitative estimate of drug-likeness (QED) is 0.801. The van der Waals surface area contributed by atoms with Gasteiger partial charge in [0, 0.05) is 19.6 Å². The lowest BCUT2D eigenvalue weighted by atomic mass is 10.2. The van der Waals surface area contributed by atoms with Gasteiger partial charge in [-0.1, -0.05) is 30.3 Å². The van der Waals surface area contributed by atoms with E-state index in [1.165, 1.54) is 4.90 Å². The van der Waals surface area contributed by atoms with Gasteiger partial charge in [0.25, 0.3) is 5.91 Å². The molecule has 1 aromatic rings. The Morgan fingerprint density at radius 2 is 2.26 bits per heavy atom. The molecule has 1 atom stereocenters. The average Bonchev–Trinajstić information content (AvgIpc) is 2.48. The summed E-state index contributed by atoms with van der Waals surface area (Å²) < 4.78 is 5.44. The Hall–Kier alpha value is -1.90. The number of rotatable bonds is 4. The lowest BCUT2D eigenvalue weighted by Crippen LogP contribution is -2.49. The molecular weight excluding hydrogens is 242 g/mol. The van der Waals surface area contributed by atoms with Gasteiger partial charge in [-0.3, -0.25) is 4.79 Å². The number of nitriles is 1. The molecule has 0 bridgehead atoms. The largest absolute Gasteiger partial charge is 0.366 e. The van der Waals surface area contributed by atoms with E-state index in [9.17, 15) is 4.79 Å². The maximum Gasteiger partial charge on any atom is 0.254 e. The molecule has 1 amide bonds. The number of benzene rings is 1. The fourth-order valence-electron chi connectivity index (χ4n) is 2.03. The minimum Gasteiger partial charge on any atom is -0.366 e. The number of hydrogen-bond donors (Lipinski definition) is 1. The molecule has 1 saturated heterocycles. The van der Waals surface area contributed by atoms with Gasteiger partial charge in [-0.05, 0) is 5.56 Å². The first-order chi connectivity index (χ1) is 9.31. The van der Waals surface area contributed by atoms with Gasteiger partial charge in [0.15, 0.2) is 0 Å². The van der Waals surface area contributed by atoms with Crippen molar-refractivity contribution in [1.82, 2.24) is 10.2 Å². The van der Waals surface area contributed by atoms with Crippen LogP contribution in [0.2, 0.25) is 0 Å². The predicted molar refractivity (Wildman–Crippen MR) is 70.1 cm³/mol. The number of carbonyl (C=O) groups excluding carboxylic acids is 1. The molecule has 5 heteroatoms. The number of nitrogens with zero attached hydrogens (tertiary/aromatic N) is 2. The van der Waals surface area contributed by atoms with E-state index in [2.05, 4.69) is 5.32 Å². The molecule has 0 saturated carbocycles. The zero-order valence-corrected chi connectivity index (χ0v) is 10.7. The van der Waals surface area contributed by atoms with Crippen LogP contribution in [0.5, 0.6) is 0 Å². The lowest BCUT2D eigenvalue weighted by molar-refractivity contribution is -0.145. The van der Waals surface area contributed by atoms with Crippen LogP contribution in [-0.4, -0.2) is 43.2 Å². The Bertz CT molecular complexity index is 450. The van der Waals surface area contributed by atoms with Gasteiger partial charge >= 0.3 is 0 Å². The molecule has 0 aliphatic carbocycles. The van der Waals surface area contributed by atoms with Gasteiger partial charge in [0.1, 0.15) is 12.6 Å². The highest BCUT2D eigenvalue weighted by atomic mass is 16.5. The van der Waals surface area contributed by atoms with Crippen molar-refractivity contribution in [2.75, 3.05) is 26.2 Å². The topological polar surface area (TPSA) is 65.4 Å². The number of morpholine rings is 1. The van der Waals surface area contributed by atoms with Crippen molar-refractivity contribution in [2.45, 2.75) is 12.6 Å². The molecule has 1 heterocycles. The van der Waals surface area contributed by atoms with Crippen LogP contribution < -0.4 is 5.32 Å². The van der Waals surface area contributed by atoms with Crippen molar-refractivity contribution < 1.29 is 9.53 Å². The number of hydrogen-bond acceptors (Lipinski definition) is 4. The molecule has 100 valence electrons. The molecule has 1 aliphatic rings. The summed E-state index contributed by atoms with van der Waals surface area (Å²) in [5.41, 5.74) is 1.01. The first-order valence-electron chi connectivity index (χ1n) is 6.33. The maximum absolute atomic E-state index is 12.3. The SMILES string of the molecule is N#CCN(Cc1ccccc1)C(=O)C1CNCCO1. The Labute approximate surface area is 112 Å². The molecule has 1 N–H and O–H groups in total. The first-order valence-corrected chi connectivity index (χ1v) is 6.33. The van der Waals surface area contributed by atoms with Gasteiger partial charge in [-0.15, -0.1) is 0 Å². The van der Waals surface area contributed by atoms with Crippen LogP contribution in [0.4, 0.5) is 0 Å². The average molecular weight is 259 g/mol. The molecule has 1 fully saturated rings. The van der Waals surface area contributed by atoms with Gasteiger partial charge < -0.3 is 15.0 Å². The molecular formula is C14H17N3O2. The summed E-state index contributed by atoms with van der Waals surface area (Å²) in [5, 5.41) is 12.0. The molecule has 19 heavy (non-hydrogen) atoms. The fraction of sp³-hybridized carbons (Fsp3) is 0.429. The summed E-state index contributed by atoms with van der Waals surface area (Å²) in [6.07, 6.45) is -0.481. The number of amides is 1. The van der Waals surface area contributed by atoms with E-state index in [0.717, 1.165) is 12.1 Å². The van der Waals surface area contributed by atoms with E-state index in [1.807, 2.05) is 36.4 Å². The zero-order valence-electron chi connectivity index (χ0n) is 10.7. The van der Waals surface area contributed by atoms with Crippen molar-refractivity contribution in [3.63, 3.8) is 0 Å². The monoisotopic (exact) mass is 259 g/mol. The van der Waals surface area contributed by atoms with Crippen molar-refractivity contribution in [2.24, 2.45) is 0 Å². The van der Waals surface area contributed by atoms with E-state index in [4.69, 9.17) is 10.00 Å². The van der Waals surface area contributed by atoms with E-state index < -0.39 is 6.10 Å². The number of ether oxygens (including phenoxy) is 1. The van der Waals surface area contributed by atoms with Crippen molar-refractivity contribution in [1.29, 1.82) is 5.26 Å². The first kappa shape index (κ1) is 13.5. The van der Waals surface area contributed by atoms with Crippen LogP contribution >= 0.6 is 0 Å². The molecule has 0 radical (unpaired) electrons. The zero-order chi connectivity index (χ0) is 13.5. The Morgan fingerprint density at radius 3 is 2.89 bits per heavy atom. The highest BCUT2D eigenvalue weighted by Gasteiger charge is 2.26. The third kappa shape index (κ3) is 3.78. The standard InChI is InChI=1S/C14H17N3O2/c15-6-8-17(11-12-4-2-1-3-5-12)14(18)13-10-16-7-9-19-13/h1-5,13,16H,7-11H2. The summed E-state index contributed by atoms with van der Waals surface area (Å²) in [5.74, 6) is -0.127. The van der Waals surface area contributed by atoms with Crippen LogP contribution in [0.25, 0.3) is 0 Å². The molecule has 0 aromatic heterocycles. The summed E-state index contributed by atoms with van der Waals surface area (Å²) in [6, 6.07) is 11.7. The minimum absolute atomic E-state index is 0.0770. The third-order valence-corrected chi connectivity index (χ3v) is 2.99. The third-order valence-electron chi connectivity index (χ3n) is 2.99. The molecule has 1 aliphatic heterocycles. The number of carbonyl (C=O) groups is 1. The van der Waals surface area contributed by atoms with Gasteiger partial charge in [0.2, 0.25) is 0 Å². The molecule has 5 nitrogen and oxygen atoms in total. The fourth-order valence-corrected chi connectivity index (χ4v) is 2.03. The van der Waals surface area contributed by atoms with Crippen molar-refractivity contribution >= 4 is 5.91 Å². The Balaban J connectivity index is 2.02. The second-order valence-corrected chi connectivity index (χ2v) is 4.40. The Kier molecular flexibility index (Phi) is 4.90. The summed E-state index contributed by atoms with van der Waals surface area (Å²) in [6.45, 7) is 2.32. The van der Waals surface area contributed by atoms with E-state index >= 15 is 0 Å². The van der Waals surface area contributed by atoms with Crippen LogP contribution in [0.1, 0.15) is 5.56 Å². The number of nitrogens with one attached hydrogen (secondary N) is 1. The van der Waals surface area contributed by atoms with Gasteiger partial charge in [-0.25, -0.2) is 0 Å². The van der Waals surface area contributed by atoms with Crippen LogP contribution in [0.15, 0.2) is 30.3 Å². The normalized spacial score (nSPS) is 18.6. The molecule has 1 unspecified atom stereocenters. The van der Waals surface area contributed by atoms with E-state index in [-0.39, 0.29) is 12.5 Å². The highest BCUT2D eigenvalue weighted by Crippen LogP contribution is 2.08. The predicted octanol–water partition coefficient (Wildman–Crippen LogP) is 0.527. The minimum atomic E-state index is -0.481. The summed E-state index contributed by atoms with van der Waals surface area (Å²) in [7, 11) is 0.